The molecule has 0 radical (unpaired) electrons. The lowest BCUT2D eigenvalue weighted by Gasteiger charge is -2.19. The van der Waals surface area contributed by atoms with Crippen LogP contribution < -0.4 is 0 Å². The van der Waals surface area contributed by atoms with E-state index in [9.17, 15) is 0 Å². The number of pyridine rings is 1. The van der Waals surface area contributed by atoms with E-state index >= 15 is 0 Å². The van der Waals surface area contributed by atoms with Crippen LogP contribution in [0.25, 0.3) is 0 Å². The first-order valence-corrected chi connectivity index (χ1v) is 5.45. The van der Waals surface area contributed by atoms with E-state index in [0.717, 1.165) is 6.54 Å². The highest BCUT2D eigenvalue weighted by Crippen LogP contribution is 2.32. The van der Waals surface area contributed by atoms with Gasteiger partial charge in [0.2, 0.25) is 0 Å². The molecule has 0 amide bonds. The Bertz CT molecular complexity index is 341. The summed E-state index contributed by atoms with van der Waals surface area (Å²) in [7, 11) is 2.13. The predicted molar refractivity (Wildman–Crippen MR) is 58.9 cm³/mol. The van der Waals surface area contributed by atoms with Crippen molar-refractivity contribution in [2.75, 3.05) is 13.6 Å². The molecule has 1 aromatic rings. The number of hydrogen-bond donors (Lipinski definition) is 0. The number of likely N-dealkylation sites (tertiary alicyclic amines) is 1. The molecule has 1 unspecified atom stereocenters. The van der Waals surface area contributed by atoms with E-state index in [1.165, 1.54) is 18.4 Å². The zero-order valence-corrected chi connectivity index (χ0v) is 9.52. The van der Waals surface area contributed by atoms with Crippen molar-refractivity contribution < 1.29 is 0 Å². The second-order valence-electron chi connectivity index (χ2n) is 3.68. The van der Waals surface area contributed by atoms with Crippen molar-refractivity contribution in [2.45, 2.75) is 18.9 Å². The molecule has 1 fully saturated rings. The molecule has 2 heterocycles. The van der Waals surface area contributed by atoms with Gasteiger partial charge in [0, 0.05) is 12.2 Å². The van der Waals surface area contributed by atoms with Gasteiger partial charge in [0.05, 0.1) is 5.02 Å². The summed E-state index contributed by atoms with van der Waals surface area (Å²) in [6, 6.07) is 2.38. The van der Waals surface area contributed by atoms with Crippen molar-refractivity contribution in [1.82, 2.24) is 9.88 Å². The average molecular weight is 231 g/mol. The summed E-state index contributed by atoms with van der Waals surface area (Å²) in [6.07, 6.45) is 4.23. The zero-order chi connectivity index (χ0) is 10.1. The molecule has 2 rings (SSSR count). The van der Waals surface area contributed by atoms with E-state index in [2.05, 4.69) is 16.9 Å². The maximum absolute atomic E-state index is 5.93. The van der Waals surface area contributed by atoms with Crippen LogP contribution in [-0.4, -0.2) is 23.5 Å². The fourth-order valence-electron chi connectivity index (χ4n) is 1.95. The molecule has 0 spiro atoms. The monoisotopic (exact) mass is 230 g/mol. The van der Waals surface area contributed by atoms with Gasteiger partial charge in [0.25, 0.3) is 0 Å². The molecule has 1 atom stereocenters. The topological polar surface area (TPSA) is 16.1 Å². The molecule has 1 aliphatic heterocycles. The Morgan fingerprint density at radius 2 is 2.29 bits per heavy atom. The normalized spacial score (nSPS) is 22.9. The smallest absolute Gasteiger partial charge is 0.147 e. The Labute approximate surface area is 93.8 Å². The van der Waals surface area contributed by atoms with Crippen molar-refractivity contribution in [2.24, 2.45) is 0 Å². The van der Waals surface area contributed by atoms with Gasteiger partial charge in [-0.2, -0.15) is 0 Å². The Balaban J connectivity index is 2.28. The number of hydrogen-bond acceptors (Lipinski definition) is 2. The number of aromatic nitrogens is 1. The minimum Gasteiger partial charge on any atom is -0.299 e. The van der Waals surface area contributed by atoms with Crippen molar-refractivity contribution in [3.8, 4) is 0 Å². The summed E-state index contributed by atoms with van der Waals surface area (Å²) in [5, 5.41) is 0.931. The average Bonchev–Trinajstić information content (AvgIpc) is 2.57. The summed E-state index contributed by atoms with van der Waals surface area (Å²) in [5.74, 6) is 0. The van der Waals surface area contributed by atoms with Gasteiger partial charge in [0.15, 0.2) is 0 Å². The first kappa shape index (κ1) is 10.2. The Morgan fingerprint density at radius 1 is 1.50 bits per heavy atom. The summed E-state index contributed by atoms with van der Waals surface area (Å²) >= 11 is 11.7. The third-order valence-corrected chi connectivity index (χ3v) is 3.41. The SMILES string of the molecule is CN1CCCC1c1cnc(Cl)c(Cl)c1. The molecule has 0 aliphatic carbocycles. The van der Waals surface area contributed by atoms with E-state index in [4.69, 9.17) is 23.2 Å². The first-order valence-electron chi connectivity index (χ1n) is 4.69. The summed E-state index contributed by atoms with van der Waals surface area (Å²) in [5.41, 5.74) is 1.17. The minimum atomic E-state index is 0.385. The van der Waals surface area contributed by atoms with Crippen LogP contribution in [0.3, 0.4) is 0 Å². The van der Waals surface area contributed by atoms with Crippen LogP contribution >= 0.6 is 23.2 Å². The van der Waals surface area contributed by atoms with Crippen molar-refractivity contribution in [3.05, 3.63) is 28.0 Å². The first-order chi connectivity index (χ1) is 6.68. The van der Waals surface area contributed by atoms with Crippen molar-refractivity contribution >= 4 is 23.2 Å². The Kier molecular flexibility index (Phi) is 2.96. The van der Waals surface area contributed by atoms with E-state index in [0.29, 0.717) is 16.2 Å². The summed E-state index contributed by atoms with van der Waals surface area (Å²) < 4.78 is 0. The molecule has 0 N–H and O–H groups in total. The van der Waals surface area contributed by atoms with Gasteiger partial charge >= 0.3 is 0 Å². The van der Waals surface area contributed by atoms with E-state index in [-0.39, 0.29) is 0 Å². The van der Waals surface area contributed by atoms with Crippen molar-refractivity contribution in [1.29, 1.82) is 0 Å². The molecule has 1 saturated heterocycles. The zero-order valence-electron chi connectivity index (χ0n) is 8.00. The molecule has 14 heavy (non-hydrogen) atoms. The molecule has 76 valence electrons. The van der Waals surface area contributed by atoms with Gasteiger partial charge in [-0.15, -0.1) is 0 Å². The van der Waals surface area contributed by atoms with Crippen LogP contribution in [0.15, 0.2) is 12.3 Å². The van der Waals surface area contributed by atoms with Gasteiger partial charge in [-0.3, -0.25) is 4.90 Å². The number of rotatable bonds is 1. The van der Waals surface area contributed by atoms with Crippen molar-refractivity contribution in [3.63, 3.8) is 0 Å². The molecule has 2 nitrogen and oxygen atoms in total. The fraction of sp³-hybridized carbons (Fsp3) is 0.500. The van der Waals surface area contributed by atoms with Gasteiger partial charge in [-0.1, -0.05) is 23.2 Å². The Morgan fingerprint density at radius 3 is 2.86 bits per heavy atom. The molecule has 0 saturated carbocycles. The highest BCUT2D eigenvalue weighted by Gasteiger charge is 2.23. The third-order valence-electron chi connectivity index (χ3n) is 2.72. The molecule has 0 bridgehead atoms. The second-order valence-corrected chi connectivity index (χ2v) is 4.45. The van der Waals surface area contributed by atoms with Crippen LogP contribution in [0.5, 0.6) is 0 Å². The maximum Gasteiger partial charge on any atom is 0.147 e. The van der Waals surface area contributed by atoms with Crippen LogP contribution in [0.1, 0.15) is 24.4 Å². The molecule has 1 aromatic heterocycles. The van der Waals surface area contributed by atoms with Gasteiger partial charge in [0.1, 0.15) is 5.15 Å². The number of nitrogens with zero attached hydrogens (tertiary/aromatic N) is 2. The van der Waals surface area contributed by atoms with Gasteiger partial charge < -0.3 is 0 Å². The molecule has 0 aromatic carbocycles. The van der Waals surface area contributed by atoms with E-state index in [1.807, 2.05) is 12.3 Å². The lowest BCUT2D eigenvalue weighted by molar-refractivity contribution is 0.317. The van der Waals surface area contributed by atoms with Crippen LogP contribution in [-0.2, 0) is 0 Å². The lowest BCUT2D eigenvalue weighted by atomic mass is 10.1. The lowest BCUT2D eigenvalue weighted by Crippen LogP contribution is -2.17. The molecular weight excluding hydrogens is 219 g/mol. The molecule has 1 aliphatic rings. The largest absolute Gasteiger partial charge is 0.299 e. The third kappa shape index (κ3) is 1.88. The standard InChI is InChI=1S/C10H12Cl2N2/c1-14-4-2-3-9(14)7-5-8(11)10(12)13-6-7/h5-6,9H,2-4H2,1H3. The number of halogens is 2. The van der Waals surface area contributed by atoms with E-state index in [1.54, 1.807) is 0 Å². The Hall–Kier alpha value is -0.310. The van der Waals surface area contributed by atoms with Gasteiger partial charge in [-0.05, 0) is 38.1 Å². The minimum absolute atomic E-state index is 0.385. The highest BCUT2D eigenvalue weighted by molar-refractivity contribution is 6.41. The molecular formula is C10H12Cl2N2. The summed E-state index contributed by atoms with van der Waals surface area (Å²) in [4.78, 5) is 6.39. The van der Waals surface area contributed by atoms with Crippen LogP contribution in [0.4, 0.5) is 0 Å². The second kappa shape index (κ2) is 4.05. The fourth-order valence-corrected chi connectivity index (χ4v) is 2.23. The quantitative estimate of drug-likeness (QED) is 0.690. The van der Waals surface area contributed by atoms with Gasteiger partial charge in [-0.25, -0.2) is 4.98 Å². The predicted octanol–water partition coefficient (Wildman–Crippen LogP) is 3.16. The van der Waals surface area contributed by atoms with E-state index < -0.39 is 0 Å². The summed E-state index contributed by atoms with van der Waals surface area (Å²) in [6.45, 7) is 1.14. The maximum atomic E-state index is 5.93. The van der Waals surface area contributed by atoms with Crippen LogP contribution in [0, 0.1) is 0 Å². The highest BCUT2D eigenvalue weighted by atomic mass is 35.5. The van der Waals surface area contributed by atoms with Crippen LogP contribution in [0.2, 0.25) is 10.2 Å². The molecule has 4 heteroatoms.